The summed E-state index contributed by atoms with van der Waals surface area (Å²) >= 11 is 0. The third kappa shape index (κ3) is 2.69. The lowest BCUT2D eigenvalue weighted by atomic mass is 9.96. The van der Waals surface area contributed by atoms with Crippen LogP contribution in [0.2, 0.25) is 0 Å². The lowest BCUT2D eigenvalue weighted by Crippen LogP contribution is -2.47. The molecule has 1 saturated carbocycles. The van der Waals surface area contributed by atoms with Gasteiger partial charge in [-0.3, -0.25) is 4.84 Å². The summed E-state index contributed by atoms with van der Waals surface area (Å²) in [7, 11) is 0. The van der Waals surface area contributed by atoms with Gasteiger partial charge in [0.05, 0.1) is 6.10 Å². The molecule has 0 amide bonds. The van der Waals surface area contributed by atoms with E-state index in [0.29, 0.717) is 18.1 Å². The van der Waals surface area contributed by atoms with Crippen LogP contribution in [0.1, 0.15) is 39.0 Å². The van der Waals surface area contributed by atoms with Gasteiger partial charge in [0.25, 0.3) is 0 Å². The topological polar surface area (TPSA) is 33.3 Å². The Morgan fingerprint density at radius 3 is 2.71 bits per heavy atom. The summed E-state index contributed by atoms with van der Waals surface area (Å²) in [5.74, 6) is 0.685. The Bertz CT molecular complexity index is 169. The molecule has 0 aromatic heterocycles. The SMILES string of the molecule is CC1CNCCC1NOC1CCCC1. The quantitative estimate of drug-likeness (QED) is 0.673. The molecule has 2 unspecified atom stereocenters. The zero-order chi connectivity index (χ0) is 9.80. The molecule has 2 atom stereocenters. The predicted molar refractivity (Wildman–Crippen MR) is 56.9 cm³/mol. The highest BCUT2D eigenvalue weighted by Gasteiger charge is 2.23. The Hall–Kier alpha value is -0.120. The van der Waals surface area contributed by atoms with E-state index in [9.17, 15) is 0 Å². The minimum absolute atomic E-state index is 0.483. The molecule has 3 heteroatoms. The molecule has 2 rings (SSSR count). The van der Waals surface area contributed by atoms with Crippen LogP contribution in [0.3, 0.4) is 0 Å². The van der Waals surface area contributed by atoms with E-state index in [1.54, 1.807) is 0 Å². The molecule has 2 aliphatic rings. The summed E-state index contributed by atoms with van der Waals surface area (Å²) in [4.78, 5) is 5.74. The molecule has 2 fully saturated rings. The van der Waals surface area contributed by atoms with E-state index in [-0.39, 0.29) is 0 Å². The number of nitrogens with one attached hydrogen (secondary N) is 2. The van der Waals surface area contributed by atoms with E-state index in [1.807, 2.05) is 0 Å². The van der Waals surface area contributed by atoms with Crippen LogP contribution in [-0.4, -0.2) is 25.2 Å². The third-order valence-corrected chi connectivity index (χ3v) is 3.47. The van der Waals surface area contributed by atoms with Gasteiger partial charge in [0.2, 0.25) is 0 Å². The fourth-order valence-corrected chi connectivity index (χ4v) is 2.38. The number of hydroxylamine groups is 1. The van der Waals surface area contributed by atoms with Crippen LogP contribution >= 0.6 is 0 Å². The summed E-state index contributed by atoms with van der Waals surface area (Å²) in [6.45, 7) is 4.52. The summed E-state index contributed by atoms with van der Waals surface area (Å²) < 4.78 is 0. The number of hydrogen-bond acceptors (Lipinski definition) is 3. The average molecular weight is 198 g/mol. The summed E-state index contributed by atoms with van der Waals surface area (Å²) in [5.41, 5.74) is 3.27. The average Bonchev–Trinajstić information content (AvgIpc) is 2.69. The Balaban J connectivity index is 1.67. The van der Waals surface area contributed by atoms with Crippen molar-refractivity contribution in [3.05, 3.63) is 0 Å². The van der Waals surface area contributed by atoms with Gasteiger partial charge in [-0.25, -0.2) is 0 Å². The van der Waals surface area contributed by atoms with Gasteiger partial charge in [-0.15, -0.1) is 0 Å². The lowest BCUT2D eigenvalue weighted by molar-refractivity contribution is -0.0537. The highest BCUT2D eigenvalue weighted by atomic mass is 16.7. The first kappa shape index (κ1) is 10.4. The van der Waals surface area contributed by atoms with Crippen LogP contribution in [0.15, 0.2) is 0 Å². The summed E-state index contributed by atoms with van der Waals surface area (Å²) in [5, 5.41) is 3.40. The minimum Gasteiger partial charge on any atom is -0.316 e. The lowest BCUT2D eigenvalue weighted by Gasteiger charge is -2.30. The highest BCUT2D eigenvalue weighted by molar-refractivity contribution is 4.78. The Morgan fingerprint density at radius 2 is 2.00 bits per heavy atom. The van der Waals surface area contributed by atoms with Crippen LogP contribution < -0.4 is 10.8 Å². The van der Waals surface area contributed by atoms with Crippen LogP contribution in [0.5, 0.6) is 0 Å². The van der Waals surface area contributed by atoms with Crippen molar-refractivity contribution in [1.29, 1.82) is 0 Å². The maximum Gasteiger partial charge on any atom is 0.0790 e. The van der Waals surface area contributed by atoms with Gasteiger partial charge in [-0.05, 0) is 38.3 Å². The molecule has 1 aliphatic heterocycles. The third-order valence-electron chi connectivity index (χ3n) is 3.47. The van der Waals surface area contributed by atoms with E-state index < -0.39 is 0 Å². The van der Waals surface area contributed by atoms with E-state index in [1.165, 1.54) is 32.1 Å². The minimum atomic E-state index is 0.483. The zero-order valence-corrected chi connectivity index (χ0v) is 9.09. The van der Waals surface area contributed by atoms with Gasteiger partial charge in [0, 0.05) is 6.04 Å². The maximum absolute atomic E-state index is 5.74. The molecule has 3 nitrogen and oxygen atoms in total. The Labute approximate surface area is 86.5 Å². The van der Waals surface area contributed by atoms with E-state index in [0.717, 1.165) is 13.1 Å². The van der Waals surface area contributed by atoms with E-state index in [4.69, 9.17) is 4.84 Å². The number of piperidine rings is 1. The van der Waals surface area contributed by atoms with Crippen LogP contribution in [-0.2, 0) is 4.84 Å². The van der Waals surface area contributed by atoms with Crippen LogP contribution in [0.25, 0.3) is 0 Å². The molecule has 0 bridgehead atoms. The molecule has 1 aliphatic carbocycles. The van der Waals surface area contributed by atoms with E-state index >= 15 is 0 Å². The molecule has 14 heavy (non-hydrogen) atoms. The van der Waals surface area contributed by atoms with Gasteiger partial charge in [0.15, 0.2) is 0 Å². The van der Waals surface area contributed by atoms with Gasteiger partial charge in [-0.2, -0.15) is 5.48 Å². The normalized spacial score (nSPS) is 34.9. The first-order valence-corrected chi connectivity index (χ1v) is 5.98. The van der Waals surface area contributed by atoms with Crippen molar-refractivity contribution < 1.29 is 4.84 Å². The first-order chi connectivity index (χ1) is 6.86. The maximum atomic E-state index is 5.74. The van der Waals surface area contributed by atoms with Crippen molar-refractivity contribution >= 4 is 0 Å². The molecule has 1 saturated heterocycles. The number of rotatable bonds is 3. The van der Waals surface area contributed by atoms with Gasteiger partial charge in [0.1, 0.15) is 0 Å². The molecule has 1 heterocycles. The second-order valence-electron chi connectivity index (χ2n) is 4.72. The predicted octanol–water partition coefficient (Wildman–Crippen LogP) is 1.45. The molecular formula is C11H22N2O. The fourth-order valence-electron chi connectivity index (χ4n) is 2.38. The molecule has 82 valence electrons. The fraction of sp³-hybridized carbons (Fsp3) is 1.00. The Kier molecular flexibility index (Phi) is 3.79. The van der Waals surface area contributed by atoms with Crippen molar-refractivity contribution in [2.45, 2.75) is 51.2 Å². The molecule has 2 N–H and O–H groups in total. The zero-order valence-electron chi connectivity index (χ0n) is 9.09. The first-order valence-electron chi connectivity index (χ1n) is 5.98. The van der Waals surface area contributed by atoms with Crippen molar-refractivity contribution in [2.75, 3.05) is 13.1 Å². The van der Waals surface area contributed by atoms with Crippen LogP contribution in [0, 0.1) is 5.92 Å². The van der Waals surface area contributed by atoms with Gasteiger partial charge < -0.3 is 5.32 Å². The molecular weight excluding hydrogens is 176 g/mol. The van der Waals surface area contributed by atoms with E-state index in [2.05, 4.69) is 17.7 Å². The Morgan fingerprint density at radius 1 is 1.21 bits per heavy atom. The molecule has 0 spiro atoms. The van der Waals surface area contributed by atoms with Crippen molar-refractivity contribution in [2.24, 2.45) is 5.92 Å². The molecule has 0 aromatic rings. The molecule has 0 aromatic carbocycles. The summed E-state index contributed by atoms with van der Waals surface area (Å²) in [6.07, 6.45) is 6.84. The van der Waals surface area contributed by atoms with Crippen LogP contribution in [0.4, 0.5) is 0 Å². The standard InChI is InChI=1S/C11H22N2O/c1-9-8-12-7-6-11(9)13-14-10-4-2-3-5-10/h9-13H,2-8H2,1H3. The molecule has 0 radical (unpaired) electrons. The largest absolute Gasteiger partial charge is 0.316 e. The summed E-state index contributed by atoms with van der Waals surface area (Å²) in [6, 6.07) is 0.553. The highest BCUT2D eigenvalue weighted by Crippen LogP contribution is 2.21. The second-order valence-corrected chi connectivity index (χ2v) is 4.72. The van der Waals surface area contributed by atoms with Crippen molar-refractivity contribution in [1.82, 2.24) is 10.8 Å². The second kappa shape index (κ2) is 5.10. The van der Waals surface area contributed by atoms with Crippen molar-refractivity contribution in [3.8, 4) is 0 Å². The smallest absolute Gasteiger partial charge is 0.0790 e. The van der Waals surface area contributed by atoms with Crippen molar-refractivity contribution in [3.63, 3.8) is 0 Å². The number of hydrogen-bond donors (Lipinski definition) is 2. The van der Waals surface area contributed by atoms with Gasteiger partial charge >= 0.3 is 0 Å². The monoisotopic (exact) mass is 198 g/mol. The van der Waals surface area contributed by atoms with Gasteiger partial charge in [-0.1, -0.05) is 19.8 Å².